The molecule has 158 valence electrons. The summed E-state index contributed by atoms with van der Waals surface area (Å²) in [7, 11) is 0. The van der Waals surface area contributed by atoms with Gasteiger partial charge in [0.15, 0.2) is 0 Å². The van der Waals surface area contributed by atoms with Gasteiger partial charge in [-0.3, -0.25) is 0 Å². The van der Waals surface area contributed by atoms with Gasteiger partial charge in [0.2, 0.25) is 0 Å². The van der Waals surface area contributed by atoms with Crippen LogP contribution in [0.5, 0.6) is 0 Å². The van der Waals surface area contributed by atoms with E-state index in [0.717, 1.165) is 12.8 Å². The zero-order valence-corrected chi connectivity index (χ0v) is 18.2. The molecule has 0 saturated carbocycles. The zero-order valence-electron chi connectivity index (χ0n) is 16.7. The highest BCUT2D eigenvalue weighted by atomic mass is 35.5. The van der Waals surface area contributed by atoms with E-state index in [1.54, 1.807) is 32.0 Å². The monoisotopic (exact) mass is 441 g/mol. The number of carbonyl (C=O) groups is 2. The van der Waals surface area contributed by atoms with Crippen molar-refractivity contribution >= 4 is 35.1 Å². The average molecular weight is 442 g/mol. The van der Waals surface area contributed by atoms with Crippen molar-refractivity contribution in [2.75, 3.05) is 19.8 Å². The summed E-state index contributed by atoms with van der Waals surface area (Å²) < 4.78 is 10.8. The first-order valence-corrected chi connectivity index (χ1v) is 10.2. The summed E-state index contributed by atoms with van der Waals surface area (Å²) in [6.45, 7) is 6.34. The number of hydrogen-bond acceptors (Lipinski definition) is 5. The number of aliphatic carboxylic acids is 1. The Hall–Kier alpha value is -2.02. The molecule has 1 aromatic rings. The predicted molar refractivity (Wildman–Crippen MR) is 112 cm³/mol. The molecule has 1 aromatic carbocycles. The number of carbonyl (C=O) groups excluding carboxylic acids is 1. The Morgan fingerprint density at radius 2 is 1.79 bits per heavy atom. The van der Waals surface area contributed by atoms with Crippen LogP contribution in [0.1, 0.15) is 45.1 Å². The summed E-state index contributed by atoms with van der Waals surface area (Å²) in [6.07, 6.45) is 1.95. The molecule has 2 rings (SSSR count). The molecule has 0 aromatic heterocycles. The fourth-order valence-corrected chi connectivity index (χ4v) is 3.64. The Morgan fingerprint density at radius 3 is 2.45 bits per heavy atom. The minimum absolute atomic E-state index is 0.0194. The molecular formula is C21H25Cl2NO5. The predicted octanol–water partition coefficient (Wildman–Crippen LogP) is 4.67. The van der Waals surface area contributed by atoms with Crippen LogP contribution in [0.3, 0.4) is 0 Å². The molecular weight excluding hydrogens is 417 g/mol. The third-order valence-corrected chi connectivity index (χ3v) is 5.44. The molecule has 0 aliphatic carbocycles. The highest BCUT2D eigenvalue weighted by Gasteiger charge is 2.38. The maximum atomic E-state index is 12.9. The van der Waals surface area contributed by atoms with Crippen LogP contribution in [-0.4, -0.2) is 36.9 Å². The summed E-state index contributed by atoms with van der Waals surface area (Å²) in [4.78, 5) is 24.9. The van der Waals surface area contributed by atoms with Gasteiger partial charge in [0.25, 0.3) is 0 Å². The Bertz CT molecular complexity index is 847. The van der Waals surface area contributed by atoms with Gasteiger partial charge < -0.3 is 19.9 Å². The zero-order chi connectivity index (χ0) is 21.6. The van der Waals surface area contributed by atoms with Crippen molar-refractivity contribution in [2.45, 2.75) is 39.5 Å². The Labute approximate surface area is 180 Å². The minimum atomic E-state index is -1.16. The van der Waals surface area contributed by atoms with Gasteiger partial charge >= 0.3 is 11.9 Å². The molecule has 29 heavy (non-hydrogen) atoms. The highest BCUT2D eigenvalue weighted by Crippen LogP contribution is 2.43. The number of hydrogen-bond donors (Lipinski definition) is 2. The first kappa shape index (κ1) is 23.3. The second-order valence-corrected chi connectivity index (χ2v) is 7.47. The number of carboxylic acid groups (broad SMARTS) is 1. The number of dihydropyridines is 1. The lowest BCUT2D eigenvalue weighted by molar-refractivity contribution is -0.141. The Kier molecular flexibility index (Phi) is 8.56. The van der Waals surface area contributed by atoms with Crippen molar-refractivity contribution in [1.29, 1.82) is 0 Å². The lowest BCUT2D eigenvalue weighted by Crippen LogP contribution is -2.32. The molecule has 6 nitrogen and oxygen atoms in total. The normalized spacial score (nSPS) is 16.7. The summed E-state index contributed by atoms with van der Waals surface area (Å²) in [5.41, 5.74) is 1.57. The SMILES string of the molecule is CCCCOCCOC(=O)C1=C(C)NC(C)=C(C(=O)O)[C@@H]1c1cccc(Cl)c1Cl. The second kappa shape index (κ2) is 10.7. The fourth-order valence-electron chi connectivity index (χ4n) is 3.22. The molecule has 0 unspecified atom stereocenters. The summed E-state index contributed by atoms with van der Waals surface area (Å²) >= 11 is 12.5. The molecule has 0 saturated heterocycles. The first-order chi connectivity index (χ1) is 13.8. The summed E-state index contributed by atoms with van der Waals surface area (Å²) in [6, 6.07) is 4.93. The second-order valence-electron chi connectivity index (χ2n) is 6.69. The van der Waals surface area contributed by atoms with Crippen LogP contribution in [0.25, 0.3) is 0 Å². The minimum Gasteiger partial charge on any atom is -0.478 e. The van der Waals surface area contributed by atoms with Gasteiger partial charge in [-0.2, -0.15) is 0 Å². The van der Waals surface area contributed by atoms with E-state index >= 15 is 0 Å². The van der Waals surface area contributed by atoms with Crippen LogP contribution in [0.15, 0.2) is 40.7 Å². The number of halogens is 2. The average Bonchev–Trinajstić information content (AvgIpc) is 2.65. The molecule has 0 spiro atoms. The van der Waals surface area contributed by atoms with Crippen molar-refractivity contribution < 1.29 is 24.2 Å². The number of esters is 1. The van der Waals surface area contributed by atoms with Crippen LogP contribution in [0, 0.1) is 0 Å². The number of allylic oxidation sites excluding steroid dienone is 2. The fraction of sp³-hybridized carbons (Fsp3) is 0.429. The molecule has 1 aliphatic rings. The van der Waals surface area contributed by atoms with E-state index in [2.05, 4.69) is 12.2 Å². The summed E-state index contributed by atoms with van der Waals surface area (Å²) in [5.74, 6) is -2.69. The van der Waals surface area contributed by atoms with Gasteiger partial charge in [-0.05, 0) is 31.9 Å². The Morgan fingerprint density at radius 1 is 1.10 bits per heavy atom. The van der Waals surface area contributed by atoms with Crippen LogP contribution in [0.4, 0.5) is 0 Å². The van der Waals surface area contributed by atoms with Crippen LogP contribution < -0.4 is 5.32 Å². The molecule has 8 heteroatoms. The molecule has 0 fully saturated rings. The van der Waals surface area contributed by atoms with E-state index in [-0.39, 0.29) is 34.4 Å². The Balaban J connectivity index is 2.35. The molecule has 0 bridgehead atoms. The molecule has 1 atom stereocenters. The molecule has 1 heterocycles. The van der Waals surface area contributed by atoms with Crippen molar-refractivity contribution in [3.05, 3.63) is 56.3 Å². The van der Waals surface area contributed by atoms with Crippen LogP contribution >= 0.6 is 23.2 Å². The van der Waals surface area contributed by atoms with Crippen LogP contribution in [0.2, 0.25) is 10.0 Å². The van der Waals surface area contributed by atoms with Crippen molar-refractivity contribution in [3.8, 4) is 0 Å². The standard InChI is InChI=1S/C21H25Cl2NO5/c1-4-5-9-28-10-11-29-21(27)17-13(3)24-12(2)16(20(25)26)18(17)14-7-6-8-15(22)19(14)23/h6-8,18,24H,4-5,9-11H2,1-3H3,(H,25,26)/t18-/m0/s1. The molecule has 0 amide bonds. The van der Waals surface area contributed by atoms with E-state index in [0.29, 0.717) is 23.6 Å². The van der Waals surface area contributed by atoms with Gasteiger partial charge in [0.1, 0.15) is 6.61 Å². The number of rotatable bonds is 9. The molecule has 0 radical (unpaired) electrons. The quantitative estimate of drug-likeness (QED) is 0.427. The van der Waals surface area contributed by atoms with Gasteiger partial charge in [-0.1, -0.05) is 48.7 Å². The number of unbranched alkanes of at least 4 members (excludes halogenated alkanes) is 1. The topological polar surface area (TPSA) is 84.9 Å². The van der Waals surface area contributed by atoms with Crippen molar-refractivity contribution in [2.24, 2.45) is 0 Å². The largest absolute Gasteiger partial charge is 0.478 e. The molecule has 2 N–H and O–H groups in total. The van der Waals surface area contributed by atoms with E-state index < -0.39 is 17.9 Å². The van der Waals surface area contributed by atoms with E-state index in [1.165, 1.54) is 0 Å². The van der Waals surface area contributed by atoms with E-state index in [1.807, 2.05) is 0 Å². The molecule has 1 aliphatic heterocycles. The van der Waals surface area contributed by atoms with Crippen molar-refractivity contribution in [1.82, 2.24) is 5.32 Å². The lowest BCUT2D eigenvalue weighted by atomic mass is 9.80. The highest BCUT2D eigenvalue weighted by molar-refractivity contribution is 6.42. The summed E-state index contributed by atoms with van der Waals surface area (Å²) in [5, 5.41) is 13.3. The van der Waals surface area contributed by atoms with Gasteiger partial charge in [-0.25, -0.2) is 9.59 Å². The first-order valence-electron chi connectivity index (χ1n) is 9.40. The van der Waals surface area contributed by atoms with Gasteiger partial charge in [-0.15, -0.1) is 0 Å². The third-order valence-electron chi connectivity index (χ3n) is 4.61. The number of nitrogens with one attached hydrogen (secondary N) is 1. The number of benzene rings is 1. The third kappa shape index (κ3) is 5.53. The smallest absolute Gasteiger partial charge is 0.336 e. The van der Waals surface area contributed by atoms with E-state index in [4.69, 9.17) is 32.7 Å². The maximum absolute atomic E-state index is 12.9. The van der Waals surface area contributed by atoms with Gasteiger partial charge in [0.05, 0.1) is 33.7 Å². The van der Waals surface area contributed by atoms with Crippen LogP contribution in [-0.2, 0) is 19.1 Å². The number of carboxylic acids is 1. The van der Waals surface area contributed by atoms with Crippen molar-refractivity contribution in [3.63, 3.8) is 0 Å². The van der Waals surface area contributed by atoms with Gasteiger partial charge in [0, 0.05) is 18.0 Å². The number of ether oxygens (including phenoxy) is 2. The van der Waals surface area contributed by atoms with E-state index in [9.17, 15) is 14.7 Å². The lowest BCUT2D eigenvalue weighted by Gasteiger charge is -2.30. The maximum Gasteiger partial charge on any atom is 0.336 e.